The van der Waals surface area contributed by atoms with E-state index < -0.39 is 11.9 Å². The molecule has 0 saturated heterocycles. The number of aromatic amines is 1. The number of ether oxygens (including phenoxy) is 3. The van der Waals surface area contributed by atoms with Crippen LogP contribution in [0.15, 0.2) is 79.0 Å². The lowest BCUT2D eigenvalue weighted by Gasteiger charge is -2.20. The monoisotopic (exact) mass is 571 g/mol. The van der Waals surface area contributed by atoms with E-state index in [0.29, 0.717) is 24.2 Å². The molecule has 0 radical (unpaired) electrons. The van der Waals surface area contributed by atoms with E-state index in [1.54, 1.807) is 38.3 Å². The highest BCUT2D eigenvalue weighted by Crippen LogP contribution is 2.27. The lowest BCUT2D eigenvalue weighted by Crippen LogP contribution is -2.46. The highest BCUT2D eigenvalue weighted by molar-refractivity contribution is 5.84. The van der Waals surface area contributed by atoms with Crippen molar-refractivity contribution in [3.63, 3.8) is 0 Å². The zero-order valence-corrected chi connectivity index (χ0v) is 24.1. The van der Waals surface area contributed by atoms with Gasteiger partial charge in [-0.3, -0.25) is 14.4 Å². The normalized spacial score (nSPS) is 12.3. The van der Waals surface area contributed by atoms with Crippen LogP contribution in [0.1, 0.15) is 36.0 Å². The van der Waals surface area contributed by atoms with Crippen LogP contribution in [-0.4, -0.2) is 56.2 Å². The fourth-order valence-corrected chi connectivity index (χ4v) is 4.91. The van der Waals surface area contributed by atoms with Gasteiger partial charge < -0.3 is 29.8 Å². The Labute approximate surface area is 245 Å². The lowest BCUT2D eigenvalue weighted by atomic mass is 10.0. The number of hydrogen-bond donors (Lipinski definition) is 3. The highest BCUT2D eigenvalue weighted by Gasteiger charge is 2.21. The summed E-state index contributed by atoms with van der Waals surface area (Å²) < 4.78 is 16.1. The van der Waals surface area contributed by atoms with Crippen molar-refractivity contribution < 1.29 is 28.6 Å². The third-order valence-electron chi connectivity index (χ3n) is 7.16. The van der Waals surface area contributed by atoms with Crippen LogP contribution in [0.5, 0.6) is 11.5 Å². The molecule has 0 aliphatic carbocycles. The van der Waals surface area contributed by atoms with Crippen molar-refractivity contribution in [2.45, 2.75) is 38.1 Å². The van der Waals surface area contributed by atoms with E-state index in [1.807, 2.05) is 54.7 Å². The van der Waals surface area contributed by atoms with E-state index in [0.717, 1.165) is 27.8 Å². The van der Waals surface area contributed by atoms with Crippen molar-refractivity contribution in [1.82, 2.24) is 15.6 Å². The molecule has 1 aromatic heterocycles. The molecule has 4 rings (SSSR count). The average Bonchev–Trinajstić information content (AvgIpc) is 3.43. The molecule has 1 heterocycles. The van der Waals surface area contributed by atoms with Gasteiger partial charge in [-0.2, -0.15) is 0 Å². The molecular formula is C33H37N3O6. The Hall–Kier alpha value is -4.79. The van der Waals surface area contributed by atoms with E-state index in [2.05, 4.69) is 15.6 Å². The highest BCUT2D eigenvalue weighted by atomic mass is 16.5. The Bertz CT molecular complexity index is 1510. The van der Waals surface area contributed by atoms with E-state index >= 15 is 0 Å². The molecule has 4 aromatic rings. The molecule has 2 amide bonds. The number of carbonyl (C=O) groups is 3. The fraction of sp³-hybridized carbons (Fsp3) is 0.303. The van der Waals surface area contributed by atoms with Gasteiger partial charge in [-0.15, -0.1) is 0 Å². The second-order valence-corrected chi connectivity index (χ2v) is 10.0. The summed E-state index contributed by atoms with van der Waals surface area (Å²) in [5, 5.41) is 7.05. The third kappa shape index (κ3) is 7.90. The van der Waals surface area contributed by atoms with Crippen LogP contribution >= 0.6 is 0 Å². The number of aromatic nitrogens is 1. The predicted molar refractivity (Wildman–Crippen MR) is 161 cm³/mol. The molecular weight excluding hydrogens is 534 g/mol. The number of amides is 2. The number of esters is 1. The summed E-state index contributed by atoms with van der Waals surface area (Å²) in [5.74, 6) is -0.226. The van der Waals surface area contributed by atoms with Gasteiger partial charge in [0.05, 0.1) is 26.2 Å². The molecule has 0 aliphatic rings. The van der Waals surface area contributed by atoms with Gasteiger partial charge in [0.2, 0.25) is 5.91 Å². The summed E-state index contributed by atoms with van der Waals surface area (Å²) in [6, 6.07) is 22.2. The van der Waals surface area contributed by atoms with Crippen LogP contribution in [0.3, 0.4) is 0 Å². The molecule has 220 valence electrons. The minimum atomic E-state index is -0.546. The van der Waals surface area contributed by atoms with Crippen molar-refractivity contribution in [3.05, 3.63) is 95.7 Å². The molecule has 3 N–H and O–H groups in total. The molecule has 3 aromatic carbocycles. The summed E-state index contributed by atoms with van der Waals surface area (Å²) in [6.45, 7) is 1.71. The molecule has 0 unspecified atom stereocenters. The SMILES string of the molecule is COC(=O)[C@H](C)c1ccccc1OCC(=O)N[C@@H](CNC(=O)CCc1ccccc1OC)Cc1c[nH]c2ccccc12. The van der Waals surface area contributed by atoms with Gasteiger partial charge >= 0.3 is 5.97 Å². The number of para-hydroxylation sites is 3. The predicted octanol–water partition coefficient (Wildman–Crippen LogP) is 4.31. The topological polar surface area (TPSA) is 119 Å². The van der Waals surface area contributed by atoms with E-state index in [4.69, 9.17) is 14.2 Å². The second-order valence-electron chi connectivity index (χ2n) is 10.0. The zero-order chi connectivity index (χ0) is 29.9. The zero-order valence-electron chi connectivity index (χ0n) is 24.1. The maximum absolute atomic E-state index is 13.1. The maximum Gasteiger partial charge on any atom is 0.312 e. The van der Waals surface area contributed by atoms with Crippen LogP contribution in [-0.2, 0) is 32.0 Å². The maximum atomic E-state index is 13.1. The molecule has 0 fully saturated rings. The summed E-state index contributed by atoms with van der Waals surface area (Å²) in [6.07, 6.45) is 3.24. The van der Waals surface area contributed by atoms with Gasteiger partial charge in [0, 0.05) is 35.6 Å². The number of fused-ring (bicyclic) bond motifs is 1. The van der Waals surface area contributed by atoms with Gasteiger partial charge in [-0.25, -0.2) is 0 Å². The van der Waals surface area contributed by atoms with Gasteiger partial charge in [0.15, 0.2) is 6.61 Å². The fourth-order valence-electron chi connectivity index (χ4n) is 4.91. The van der Waals surface area contributed by atoms with Crippen LogP contribution < -0.4 is 20.1 Å². The number of benzene rings is 3. The first kappa shape index (κ1) is 30.2. The Morgan fingerprint density at radius 3 is 2.36 bits per heavy atom. The van der Waals surface area contributed by atoms with E-state index in [9.17, 15) is 14.4 Å². The van der Waals surface area contributed by atoms with Gasteiger partial charge in [-0.05, 0) is 49.1 Å². The third-order valence-corrected chi connectivity index (χ3v) is 7.16. The Morgan fingerprint density at radius 1 is 0.857 bits per heavy atom. The summed E-state index contributed by atoms with van der Waals surface area (Å²) in [5.41, 5.74) is 3.61. The number of methoxy groups -OCH3 is 2. The van der Waals surface area contributed by atoms with Gasteiger partial charge in [0.1, 0.15) is 11.5 Å². The van der Waals surface area contributed by atoms with Gasteiger partial charge in [-0.1, -0.05) is 54.6 Å². The summed E-state index contributed by atoms with van der Waals surface area (Å²) in [7, 11) is 2.94. The minimum absolute atomic E-state index is 0.124. The van der Waals surface area contributed by atoms with Crippen LogP contribution in [0.4, 0.5) is 0 Å². The summed E-state index contributed by atoms with van der Waals surface area (Å²) in [4.78, 5) is 41.2. The molecule has 0 aliphatic heterocycles. The molecule has 9 nitrogen and oxygen atoms in total. The number of rotatable bonds is 14. The summed E-state index contributed by atoms with van der Waals surface area (Å²) >= 11 is 0. The van der Waals surface area contributed by atoms with Crippen molar-refractivity contribution in [3.8, 4) is 11.5 Å². The van der Waals surface area contributed by atoms with Crippen molar-refractivity contribution in [2.75, 3.05) is 27.4 Å². The molecule has 2 atom stereocenters. The van der Waals surface area contributed by atoms with Crippen molar-refractivity contribution >= 4 is 28.7 Å². The number of nitrogens with one attached hydrogen (secondary N) is 3. The Balaban J connectivity index is 1.40. The Kier molecular flexibility index (Phi) is 10.6. The average molecular weight is 572 g/mol. The number of carbonyl (C=O) groups excluding carboxylic acids is 3. The second kappa shape index (κ2) is 14.7. The van der Waals surface area contributed by atoms with Gasteiger partial charge in [0.25, 0.3) is 5.91 Å². The molecule has 0 bridgehead atoms. The van der Waals surface area contributed by atoms with E-state index in [-0.39, 0.29) is 37.4 Å². The van der Waals surface area contributed by atoms with Crippen LogP contribution in [0.25, 0.3) is 10.9 Å². The quantitative estimate of drug-likeness (QED) is 0.194. The van der Waals surface area contributed by atoms with Crippen molar-refractivity contribution in [2.24, 2.45) is 0 Å². The molecule has 0 saturated carbocycles. The van der Waals surface area contributed by atoms with E-state index in [1.165, 1.54) is 7.11 Å². The molecule has 42 heavy (non-hydrogen) atoms. The van der Waals surface area contributed by atoms with Crippen LogP contribution in [0, 0.1) is 0 Å². The number of H-pyrrole nitrogens is 1. The molecule has 9 heteroatoms. The smallest absolute Gasteiger partial charge is 0.312 e. The number of hydrogen-bond acceptors (Lipinski definition) is 6. The number of aryl methyl sites for hydroxylation is 1. The lowest BCUT2D eigenvalue weighted by molar-refractivity contribution is -0.142. The van der Waals surface area contributed by atoms with Crippen LogP contribution in [0.2, 0.25) is 0 Å². The first-order chi connectivity index (χ1) is 20.4. The largest absolute Gasteiger partial charge is 0.496 e. The minimum Gasteiger partial charge on any atom is -0.496 e. The first-order valence-corrected chi connectivity index (χ1v) is 13.9. The molecule has 0 spiro atoms. The first-order valence-electron chi connectivity index (χ1n) is 13.9. The standard InChI is InChI=1S/C33H37N3O6/c1-22(33(39)41-3)26-11-6-9-15-30(26)42-21-32(38)36-25(18-24-19-34-28-13-7-5-12-27(24)28)20-35-31(37)17-16-23-10-4-8-14-29(23)40-2/h4-15,19,22,25,34H,16-18,20-21H2,1-3H3,(H,35,37)(H,36,38)/t22-,25-/m1/s1. The Morgan fingerprint density at radius 2 is 1.57 bits per heavy atom. The van der Waals surface area contributed by atoms with Crippen molar-refractivity contribution in [1.29, 1.82) is 0 Å².